The number of hydrogen-bond donors (Lipinski definition) is 2. The van der Waals surface area contributed by atoms with Crippen molar-refractivity contribution in [2.24, 2.45) is 0 Å². The van der Waals surface area contributed by atoms with Crippen LogP contribution in [0.1, 0.15) is 40.3 Å². The number of methoxy groups -OCH3 is 1. The maximum atomic E-state index is 14.0. The summed E-state index contributed by atoms with van der Waals surface area (Å²) in [5, 5.41) is 6.92. The Morgan fingerprint density at radius 2 is 1.74 bits per heavy atom. The number of nitrogens with one attached hydrogen (secondary N) is 2. The average molecular weight is 521 g/mol. The molecule has 0 bridgehead atoms. The minimum atomic E-state index is -0.279. The first-order valence-corrected chi connectivity index (χ1v) is 13.2. The molecule has 0 aliphatic carbocycles. The van der Waals surface area contributed by atoms with Gasteiger partial charge in [0.1, 0.15) is 5.82 Å². The number of anilines is 2. The van der Waals surface area contributed by atoms with Gasteiger partial charge in [0, 0.05) is 35.8 Å². The summed E-state index contributed by atoms with van der Waals surface area (Å²) in [6.07, 6.45) is 2.63. The van der Waals surface area contributed by atoms with Crippen molar-refractivity contribution in [1.82, 2.24) is 0 Å². The molecule has 3 nitrogen and oxygen atoms in total. The molecule has 0 spiro atoms. The maximum absolute atomic E-state index is 14.0. The minimum absolute atomic E-state index is 0.172. The Morgan fingerprint density at radius 1 is 0.949 bits per heavy atom. The normalized spacial score (nSPS) is 11.6. The van der Waals surface area contributed by atoms with E-state index in [-0.39, 0.29) is 11.9 Å². The van der Waals surface area contributed by atoms with E-state index in [0.717, 1.165) is 51.2 Å². The zero-order chi connectivity index (χ0) is 27.9. The van der Waals surface area contributed by atoms with E-state index in [2.05, 4.69) is 92.2 Å². The van der Waals surface area contributed by atoms with Gasteiger partial charge in [0.25, 0.3) is 0 Å². The molecule has 39 heavy (non-hydrogen) atoms. The maximum Gasteiger partial charge on any atom is 0.125 e. The van der Waals surface area contributed by atoms with E-state index in [9.17, 15) is 4.39 Å². The second-order valence-corrected chi connectivity index (χ2v) is 10.0. The number of benzene rings is 4. The monoisotopic (exact) mass is 520 g/mol. The number of rotatable bonds is 11. The van der Waals surface area contributed by atoms with Crippen molar-refractivity contribution in [3.05, 3.63) is 131 Å². The number of halogens is 1. The summed E-state index contributed by atoms with van der Waals surface area (Å²) in [5.74, 6) is -0.279. The molecule has 4 heteroatoms. The average Bonchev–Trinajstić information content (AvgIpc) is 2.91. The summed E-state index contributed by atoms with van der Waals surface area (Å²) in [5.41, 5.74) is 11.3. The van der Waals surface area contributed by atoms with Crippen LogP contribution < -0.4 is 10.6 Å². The van der Waals surface area contributed by atoms with Crippen LogP contribution in [0, 0.1) is 19.7 Å². The molecule has 4 rings (SSSR count). The van der Waals surface area contributed by atoms with Gasteiger partial charge in [-0.1, -0.05) is 79.9 Å². The summed E-state index contributed by atoms with van der Waals surface area (Å²) in [7, 11) is 1.71. The minimum Gasteiger partial charge on any atom is -0.383 e. The molecule has 0 saturated carbocycles. The molecule has 0 amide bonds. The van der Waals surface area contributed by atoms with Gasteiger partial charge in [-0.25, -0.2) is 4.39 Å². The molecule has 1 unspecified atom stereocenters. The lowest BCUT2D eigenvalue weighted by atomic mass is 9.88. The SMILES string of the molecule is C=Cc1ccc(Cc2ccccc2-c2c(C)cccc2C(=C)Nc2cc(F)ccc2C)cc1NC(C)COC. The van der Waals surface area contributed by atoms with Crippen LogP contribution in [0.2, 0.25) is 0 Å². The molecule has 2 N–H and O–H groups in total. The molecule has 1 atom stereocenters. The lowest BCUT2D eigenvalue weighted by molar-refractivity contribution is 0.190. The summed E-state index contributed by atoms with van der Waals surface area (Å²) in [4.78, 5) is 0. The highest BCUT2D eigenvalue weighted by molar-refractivity contribution is 5.88. The number of aryl methyl sites for hydroxylation is 2. The molecule has 200 valence electrons. The smallest absolute Gasteiger partial charge is 0.125 e. The van der Waals surface area contributed by atoms with Crippen LogP contribution >= 0.6 is 0 Å². The fourth-order valence-corrected chi connectivity index (χ4v) is 4.95. The van der Waals surface area contributed by atoms with E-state index < -0.39 is 0 Å². The van der Waals surface area contributed by atoms with Gasteiger partial charge in [0.05, 0.1) is 6.61 Å². The molecule has 0 radical (unpaired) electrons. The Morgan fingerprint density at radius 3 is 2.51 bits per heavy atom. The molecule has 0 aliphatic rings. The largest absolute Gasteiger partial charge is 0.383 e. The van der Waals surface area contributed by atoms with Crippen molar-refractivity contribution >= 4 is 23.1 Å². The van der Waals surface area contributed by atoms with Crippen molar-refractivity contribution in [3.8, 4) is 11.1 Å². The van der Waals surface area contributed by atoms with Crippen LogP contribution in [0.25, 0.3) is 22.9 Å². The van der Waals surface area contributed by atoms with Crippen molar-refractivity contribution in [1.29, 1.82) is 0 Å². The molecule has 0 heterocycles. The zero-order valence-corrected chi connectivity index (χ0v) is 23.3. The van der Waals surface area contributed by atoms with Gasteiger partial charge in [-0.2, -0.15) is 0 Å². The number of hydrogen-bond acceptors (Lipinski definition) is 3. The number of ether oxygens (including phenoxy) is 1. The van der Waals surface area contributed by atoms with E-state index in [1.54, 1.807) is 13.2 Å². The van der Waals surface area contributed by atoms with E-state index in [1.807, 2.05) is 19.1 Å². The zero-order valence-electron chi connectivity index (χ0n) is 23.3. The fourth-order valence-electron chi connectivity index (χ4n) is 4.95. The third kappa shape index (κ3) is 6.65. The van der Waals surface area contributed by atoms with E-state index >= 15 is 0 Å². The topological polar surface area (TPSA) is 33.3 Å². The second-order valence-electron chi connectivity index (χ2n) is 10.0. The molecule has 0 aromatic heterocycles. The molecule has 4 aromatic carbocycles. The summed E-state index contributed by atoms with van der Waals surface area (Å²) >= 11 is 0. The van der Waals surface area contributed by atoms with Gasteiger partial charge in [-0.15, -0.1) is 0 Å². The van der Waals surface area contributed by atoms with Crippen LogP contribution in [0.15, 0.2) is 92.0 Å². The van der Waals surface area contributed by atoms with Crippen molar-refractivity contribution in [2.75, 3.05) is 24.4 Å². The van der Waals surface area contributed by atoms with Gasteiger partial charge in [-0.3, -0.25) is 0 Å². The first-order chi connectivity index (χ1) is 18.8. The summed E-state index contributed by atoms with van der Waals surface area (Å²) in [6.45, 7) is 15.1. The molecular weight excluding hydrogens is 483 g/mol. The molecule has 0 aliphatic heterocycles. The second kappa shape index (κ2) is 12.6. The first-order valence-electron chi connectivity index (χ1n) is 13.2. The molecular formula is C35H37FN2O. The quantitative estimate of drug-likeness (QED) is 0.207. The van der Waals surface area contributed by atoms with Crippen LogP contribution in [-0.2, 0) is 11.2 Å². The van der Waals surface area contributed by atoms with Gasteiger partial charge in [0.2, 0.25) is 0 Å². The Bertz CT molecular complexity index is 1490. The van der Waals surface area contributed by atoms with E-state index in [1.165, 1.54) is 23.3 Å². The van der Waals surface area contributed by atoms with Gasteiger partial charge >= 0.3 is 0 Å². The Hall–Kier alpha value is -4.15. The van der Waals surface area contributed by atoms with Crippen LogP contribution in [0.4, 0.5) is 15.8 Å². The van der Waals surface area contributed by atoms with Crippen LogP contribution in [-0.4, -0.2) is 19.8 Å². The van der Waals surface area contributed by atoms with Crippen molar-refractivity contribution in [3.63, 3.8) is 0 Å². The third-order valence-electron chi connectivity index (χ3n) is 6.92. The van der Waals surface area contributed by atoms with Crippen LogP contribution in [0.5, 0.6) is 0 Å². The Balaban J connectivity index is 1.71. The highest BCUT2D eigenvalue weighted by Gasteiger charge is 2.16. The van der Waals surface area contributed by atoms with Crippen molar-refractivity contribution < 1.29 is 9.13 Å². The fraction of sp³-hybridized carbons (Fsp3) is 0.200. The lowest BCUT2D eigenvalue weighted by Gasteiger charge is -2.20. The third-order valence-corrected chi connectivity index (χ3v) is 6.92. The Kier molecular flexibility index (Phi) is 9.00. The highest BCUT2D eigenvalue weighted by atomic mass is 19.1. The predicted octanol–water partition coefficient (Wildman–Crippen LogP) is 8.87. The standard InChI is InChI=1S/C35H37FN2O/c1-7-28-17-16-27(20-34(28)37-25(4)22-39-6)19-29-12-8-9-13-32(29)35-24(3)11-10-14-31(35)26(5)38-33-21-30(36)18-15-23(33)2/h7-18,20-21,25,37-38H,1,5,19,22H2,2-4,6H3. The van der Waals surface area contributed by atoms with E-state index in [0.29, 0.717) is 12.3 Å². The van der Waals surface area contributed by atoms with Crippen molar-refractivity contribution in [2.45, 2.75) is 33.2 Å². The molecule has 0 fully saturated rings. The Labute approximate surface area is 232 Å². The van der Waals surface area contributed by atoms with Gasteiger partial charge in [-0.05, 0) is 84.3 Å². The van der Waals surface area contributed by atoms with Crippen LogP contribution in [0.3, 0.4) is 0 Å². The molecule has 4 aromatic rings. The predicted molar refractivity (Wildman–Crippen MR) is 165 cm³/mol. The van der Waals surface area contributed by atoms with Gasteiger partial charge in [0.15, 0.2) is 0 Å². The lowest BCUT2D eigenvalue weighted by Crippen LogP contribution is -2.21. The first kappa shape index (κ1) is 27.9. The molecule has 0 saturated heterocycles. The summed E-state index contributed by atoms with van der Waals surface area (Å²) in [6, 6.07) is 26.1. The van der Waals surface area contributed by atoms with E-state index in [4.69, 9.17) is 4.74 Å². The highest BCUT2D eigenvalue weighted by Crippen LogP contribution is 2.36. The van der Waals surface area contributed by atoms with Gasteiger partial charge < -0.3 is 15.4 Å². The summed E-state index contributed by atoms with van der Waals surface area (Å²) < 4.78 is 19.3.